The lowest BCUT2D eigenvalue weighted by molar-refractivity contribution is 0.0501. The van der Waals surface area contributed by atoms with Gasteiger partial charge in [-0.15, -0.1) is 5.10 Å². The van der Waals surface area contributed by atoms with E-state index in [9.17, 15) is 4.79 Å². The summed E-state index contributed by atoms with van der Waals surface area (Å²) in [5.74, 6) is -0.503. The highest BCUT2D eigenvalue weighted by Crippen LogP contribution is 2.32. The van der Waals surface area contributed by atoms with E-state index in [0.717, 1.165) is 28.0 Å². The molecule has 2 heterocycles. The maximum atomic E-state index is 12.4. The fourth-order valence-electron chi connectivity index (χ4n) is 3.62. The Morgan fingerprint density at radius 2 is 1.84 bits per heavy atom. The van der Waals surface area contributed by atoms with Gasteiger partial charge in [-0.05, 0) is 30.7 Å². The van der Waals surface area contributed by atoms with Crippen molar-refractivity contribution in [3.8, 4) is 0 Å². The van der Waals surface area contributed by atoms with Crippen molar-refractivity contribution in [2.75, 3.05) is 13.2 Å². The first kappa shape index (κ1) is 21.3. The standard InChI is InChI=1S/C23H28N4O3Si/c1-5-29-23(28)21-20(25-27-26-21)22(30-12-13-31(2,3)4)15-10-11-17-16-8-6-7-9-18(16)24-19(17)14-15/h6-11,14,22,24H,5,12-13H2,1-4H3,(H,25,26,27). The van der Waals surface area contributed by atoms with Crippen molar-refractivity contribution >= 4 is 35.8 Å². The number of esters is 1. The number of para-hydroxylation sites is 1. The highest BCUT2D eigenvalue weighted by molar-refractivity contribution is 6.76. The molecule has 0 fully saturated rings. The van der Waals surface area contributed by atoms with Crippen LogP contribution >= 0.6 is 0 Å². The molecule has 2 aromatic carbocycles. The van der Waals surface area contributed by atoms with Crippen molar-refractivity contribution in [3.05, 3.63) is 59.4 Å². The van der Waals surface area contributed by atoms with Crippen molar-refractivity contribution in [2.45, 2.75) is 38.7 Å². The summed E-state index contributed by atoms with van der Waals surface area (Å²) in [5.41, 5.74) is 3.62. The molecule has 0 aliphatic carbocycles. The van der Waals surface area contributed by atoms with Gasteiger partial charge < -0.3 is 14.5 Å². The largest absolute Gasteiger partial charge is 0.461 e. The number of rotatable bonds is 8. The van der Waals surface area contributed by atoms with E-state index >= 15 is 0 Å². The Balaban J connectivity index is 1.74. The summed E-state index contributed by atoms with van der Waals surface area (Å²) in [7, 11) is -1.29. The average Bonchev–Trinajstić information content (AvgIpc) is 3.35. The summed E-state index contributed by atoms with van der Waals surface area (Å²) in [5, 5.41) is 13.2. The first-order valence-electron chi connectivity index (χ1n) is 10.6. The monoisotopic (exact) mass is 436 g/mol. The quantitative estimate of drug-likeness (QED) is 0.297. The number of H-pyrrole nitrogens is 2. The van der Waals surface area contributed by atoms with Crippen LogP contribution in [0.3, 0.4) is 0 Å². The molecule has 0 amide bonds. The van der Waals surface area contributed by atoms with E-state index in [1.165, 1.54) is 5.39 Å². The van der Waals surface area contributed by atoms with Gasteiger partial charge in [0.1, 0.15) is 11.8 Å². The lowest BCUT2D eigenvalue weighted by Crippen LogP contribution is -2.23. The lowest BCUT2D eigenvalue weighted by atomic mass is 10.0. The van der Waals surface area contributed by atoms with Crippen molar-refractivity contribution in [2.24, 2.45) is 0 Å². The average molecular weight is 437 g/mol. The Morgan fingerprint density at radius 1 is 1.06 bits per heavy atom. The van der Waals surface area contributed by atoms with Crippen LogP contribution in [-0.4, -0.2) is 47.7 Å². The van der Waals surface area contributed by atoms with Crippen molar-refractivity contribution < 1.29 is 14.3 Å². The molecule has 2 N–H and O–H groups in total. The summed E-state index contributed by atoms with van der Waals surface area (Å²) < 4.78 is 11.5. The summed E-state index contributed by atoms with van der Waals surface area (Å²) in [6.07, 6.45) is -0.523. The number of fused-ring (bicyclic) bond motifs is 3. The molecule has 2 aromatic heterocycles. The summed E-state index contributed by atoms with van der Waals surface area (Å²) in [6, 6.07) is 15.4. The zero-order valence-electron chi connectivity index (χ0n) is 18.4. The van der Waals surface area contributed by atoms with Crippen LogP contribution in [0, 0.1) is 0 Å². The molecule has 0 spiro atoms. The molecule has 1 atom stereocenters. The van der Waals surface area contributed by atoms with Crippen LogP contribution in [0.15, 0.2) is 42.5 Å². The third kappa shape index (κ3) is 4.55. The zero-order valence-corrected chi connectivity index (χ0v) is 19.4. The van der Waals surface area contributed by atoms with Crippen LogP contribution in [0.5, 0.6) is 0 Å². The van der Waals surface area contributed by atoms with Gasteiger partial charge in [-0.1, -0.05) is 50.0 Å². The highest BCUT2D eigenvalue weighted by Gasteiger charge is 2.28. The van der Waals surface area contributed by atoms with Crippen molar-refractivity contribution in [3.63, 3.8) is 0 Å². The lowest BCUT2D eigenvalue weighted by Gasteiger charge is -2.21. The first-order chi connectivity index (χ1) is 14.9. The topological polar surface area (TPSA) is 92.9 Å². The van der Waals surface area contributed by atoms with E-state index in [4.69, 9.17) is 9.47 Å². The number of hydrogen-bond donors (Lipinski definition) is 2. The number of nitrogens with one attached hydrogen (secondary N) is 2. The van der Waals surface area contributed by atoms with Crippen LogP contribution in [0.4, 0.5) is 0 Å². The number of aromatic nitrogens is 4. The van der Waals surface area contributed by atoms with Crippen molar-refractivity contribution in [1.29, 1.82) is 0 Å². The fraction of sp³-hybridized carbons (Fsp3) is 0.348. The number of carbonyl (C=O) groups excluding carboxylic acids is 1. The number of nitrogens with zero attached hydrogens (tertiary/aromatic N) is 2. The summed E-state index contributed by atoms with van der Waals surface area (Å²) in [6.45, 7) is 9.54. The minimum atomic E-state index is -1.29. The summed E-state index contributed by atoms with van der Waals surface area (Å²) in [4.78, 5) is 15.9. The molecule has 7 nitrogen and oxygen atoms in total. The van der Waals surface area contributed by atoms with Crippen LogP contribution in [0.1, 0.15) is 34.8 Å². The van der Waals surface area contributed by atoms with E-state index in [0.29, 0.717) is 12.3 Å². The maximum absolute atomic E-state index is 12.4. The minimum Gasteiger partial charge on any atom is -0.461 e. The predicted molar refractivity (Wildman–Crippen MR) is 124 cm³/mol. The molecular formula is C23H28N4O3Si. The van der Waals surface area contributed by atoms with Crippen LogP contribution in [-0.2, 0) is 9.47 Å². The molecule has 162 valence electrons. The summed E-state index contributed by atoms with van der Waals surface area (Å²) >= 11 is 0. The third-order valence-electron chi connectivity index (χ3n) is 5.26. The van der Waals surface area contributed by atoms with Gasteiger partial charge >= 0.3 is 5.97 Å². The molecule has 0 saturated heterocycles. The van der Waals surface area contributed by atoms with E-state index in [1.807, 2.05) is 18.2 Å². The molecule has 0 aliphatic heterocycles. The molecule has 0 saturated carbocycles. The van der Waals surface area contributed by atoms with E-state index in [2.05, 4.69) is 64.3 Å². The number of carbonyl (C=O) groups is 1. The second-order valence-corrected chi connectivity index (χ2v) is 14.4. The van der Waals surface area contributed by atoms with Crippen molar-refractivity contribution in [1.82, 2.24) is 20.4 Å². The predicted octanol–water partition coefficient (Wildman–Crippen LogP) is 5.06. The minimum absolute atomic E-state index is 0.164. The van der Waals surface area contributed by atoms with Gasteiger partial charge in [0.25, 0.3) is 0 Å². The van der Waals surface area contributed by atoms with Gasteiger partial charge in [-0.3, -0.25) is 0 Å². The first-order valence-corrected chi connectivity index (χ1v) is 14.3. The van der Waals surface area contributed by atoms with E-state index in [1.54, 1.807) is 6.92 Å². The molecule has 8 heteroatoms. The molecule has 4 aromatic rings. The Hall–Kier alpha value is -2.97. The molecule has 4 rings (SSSR count). The van der Waals surface area contributed by atoms with E-state index in [-0.39, 0.29) is 12.3 Å². The maximum Gasteiger partial charge on any atom is 0.360 e. The van der Waals surface area contributed by atoms with Gasteiger partial charge in [0.05, 0.1) is 6.61 Å². The molecule has 31 heavy (non-hydrogen) atoms. The molecule has 0 radical (unpaired) electrons. The van der Waals surface area contributed by atoms with Gasteiger partial charge in [-0.2, -0.15) is 10.3 Å². The van der Waals surface area contributed by atoms with E-state index < -0.39 is 20.1 Å². The van der Waals surface area contributed by atoms with Gasteiger partial charge in [0.2, 0.25) is 0 Å². The SMILES string of the molecule is CCOC(=O)c1n[nH]nc1C(OCC[Si](C)(C)C)c1ccc2c(c1)[nH]c1ccccc12. The number of hydrogen-bond acceptors (Lipinski definition) is 5. The Labute approximate surface area is 182 Å². The molecule has 0 bridgehead atoms. The number of benzene rings is 2. The molecule has 1 unspecified atom stereocenters. The molecule has 0 aliphatic rings. The van der Waals surface area contributed by atoms with Gasteiger partial charge in [-0.25, -0.2) is 4.79 Å². The number of aromatic amines is 2. The Bertz CT molecular complexity index is 1210. The second-order valence-electron chi connectivity index (χ2n) is 8.82. The Morgan fingerprint density at radius 3 is 2.61 bits per heavy atom. The third-order valence-corrected chi connectivity index (χ3v) is 6.97. The van der Waals surface area contributed by atoms with Gasteiger partial charge in [0.15, 0.2) is 5.69 Å². The van der Waals surface area contributed by atoms with Crippen LogP contribution in [0.2, 0.25) is 25.7 Å². The second kappa shape index (κ2) is 8.64. The van der Waals surface area contributed by atoms with Gasteiger partial charge in [0, 0.05) is 36.5 Å². The van der Waals surface area contributed by atoms with Crippen LogP contribution in [0.25, 0.3) is 21.8 Å². The number of ether oxygens (including phenoxy) is 2. The smallest absolute Gasteiger partial charge is 0.360 e. The fourth-order valence-corrected chi connectivity index (χ4v) is 4.35. The normalized spacial score (nSPS) is 13.0. The highest BCUT2D eigenvalue weighted by atomic mass is 28.3. The zero-order chi connectivity index (χ0) is 22.0. The van der Waals surface area contributed by atoms with Crippen LogP contribution < -0.4 is 0 Å². The molecular weight excluding hydrogens is 408 g/mol. The Kier molecular flexibility index (Phi) is 5.93.